The molecule has 0 spiro atoms. The van der Waals surface area contributed by atoms with E-state index in [1.54, 1.807) is 11.3 Å². The molecule has 2 rings (SSSR count). The summed E-state index contributed by atoms with van der Waals surface area (Å²) in [6.45, 7) is 6.85. The number of fused-ring (bicyclic) bond motifs is 1. The quantitative estimate of drug-likeness (QED) is 0.642. The largest absolute Gasteiger partial charge is 0.151 e. The Morgan fingerprint density at radius 2 is 1.79 bits per heavy atom. The number of hydrogen-bond acceptors (Lipinski definition) is 1. The molecule has 0 aliphatic carbocycles. The van der Waals surface area contributed by atoms with Crippen LogP contribution in [0.3, 0.4) is 0 Å². The molecule has 2 aromatic rings. The van der Waals surface area contributed by atoms with Crippen LogP contribution in [0.15, 0.2) is 29.0 Å². The summed E-state index contributed by atoms with van der Waals surface area (Å²) in [5.41, 5.74) is 1.83. The second-order valence-electron chi connectivity index (χ2n) is 5.07. The molecule has 0 atom stereocenters. The van der Waals surface area contributed by atoms with Crippen molar-refractivity contribution < 1.29 is 0 Å². The third kappa shape index (κ3) is 2.16. The SMILES string of the molecule is CC(C)(C)Cc1ccc2cscc2c1. The Kier molecular flexibility index (Phi) is 2.36. The molecule has 0 fully saturated rings. The van der Waals surface area contributed by atoms with Crippen LogP contribution < -0.4 is 0 Å². The fraction of sp³-hybridized carbons (Fsp3) is 0.385. The van der Waals surface area contributed by atoms with E-state index in [1.165, 1.54) is 16.3 Å². The van der Waals surface area contributed by atoms with Gasteiger partial charge in [0.2, 0.25) is 0 Å². The van der Waals surface area contributed by atoms with Crippen LogP contribution in [0.5, 0.6) is 0 Å². The standard InChI is InChI=1S/C13H16S/c1-13(2,3)7-10-4-5-11-8-14-9-12(11)6-10/h4-6,8-9H,7H2,1-3H3. The minimum absolute atomic E-state index is 0.379. The Hall–Kier alpha value is -0.820. The molecule has 0 aliphatic heterocycles. The van der Waals surface area contributed by atoms with Gasteiger partial charge in [-0.1, -0.05) is 39.0 Å². The Morgan fingerprint density at radius 1 is 1.07 bits per heavy atom. The summed E-state index contributed by atoms with van der Waals surface area (Å²) in [6.07, 6.45) is 1.15. The summed E-state index contributed by atoms with van der Waals surface area (Å²) in [7, 11) is 0. The lowest BCUT2D eigenvalue weighted by Crippen LogP contribution is -2.08. The van der Waals surface area contributed by atoms with Gasteiger partial charge in [-0.3, -0.25) is 0 Å². The fourth-order valence-electron chi connectivity index (χ4n) is 1.74. The summed E-state index contributed by atoms with van der Waals surface area (Å²) in [4.78, 5) is 0. The van der Waals surface area contributed by atoms with Gasteiger partial charge in [0, 0.05) is 0 Å². The molecule has 0 N–H and O–H groups in total. The van der Waals surface area contributed by atoms with Gasteiger partial charge in [-0.2, -0.15) is 11.3 Å². The second-order valence-corrected chi connectivity index (χ2v) is 5.82. The third-order valence-electron chi connectivity index (χ3n) is 2.28. The monoisotopic (exact) mass is 204 g/mol. The number of benzene rings is 1. The molecule has 0 aliphatic rings. The zero-order valence-corrected chi connectivity index (χ0v) is 9.82. The molecule has 0 radical (unpaired) electrons. The van der Waals surface area contributed by atoms with Crippen molar-refractivity contribution in [1.29, 1.82) is 0 Å². The minimum atomic E-state index is 0.379. The molecule has 0 nitrogen and oxygen atoms in total. The summed E-state index contributed by atoms with van der Waals surface area (Å²) in [6, 6.07) is 6.80. The lowest BCUT2D eigenvalue weighted by Gasteiger charge is -2.17. The van der Waals surface area contributed by atoms with Crippen LogP contribution in [-0.2, 0) is 6.42 Å². The molecule has 74 valence electrons. The van der Waals surface area contributed by atoms with Gasteiger partial charge in [0.25, 0.3) is 0 Å². The summed E-state index contributed by atoms with van der Waals surface area (Å²) >= 11 is 1.78. The maximum Gasteiger partial charge on any atom is -0.00144 e. The van der Waals surface area contributed by atoms with E-state index < -0.39 is 0 Å². The van der Waals surface area contributed by atoms with Crippen LogP contribution in [0.25, 0.3) is 10.8 Å². The van der Waals surface area contributed by atoms with Gasteiger partial charge in [0.05, 0.1) is 0 Å². The molecule has 0 amide bonds. The fourth-order valence-corrected chi connectivity index (χ4v) is 2.52. The number of hydrogen-bond donors (Lipinski definition) is 0. The van der Waals surface area contributed by atoms with E-state index in [2.05, 4.69) is 49.7 Å². The van der Waals surface area contributed by atoms with Gasteiger partial charge in [-0.25, -0.2) is 0 Å². The highest BCUT2D eigenvalue weighted by Crippen LogP contribution is 2.25. The van der Waals surface area contributed by atoms with E-state index in [1.807, 2.05) is 0 Å². The Morgan fingerprint density at radius 3 is 2.50 bits per heavy atom. The van der Waals surface area contributed by atoms with E-state index >= 15 is 0 Å². The molecule has 1 heterocycles. The summed E-state index contributed by atoms with van der Waals surface area (Å²) in [5, 5.41) is 7.18. The number of thiophene rings is 1. The highest BCUT2D eigenvalue weighted by Gasteiger charge is 2.11. The Labute approximate surface area is 89.6 Å². The van der Waals surface area contributed by atoms with Gasteiger partial charge in [-0.05, 0) is 38.9 Å². The predicted octanol–water partition coefficient (Wildman–Crippen LogP) is 4.49. The zero-order chi connectivity index (χ0) is 10.2. The number of rotatable bonds is 1. The molecule has 1 aromatic heterocycles. The molecule has 1 aromatic carbocycles. The molecule has 0 saturated heterocycles. The zero-order valence-electron chi connectivity index (χ0n) is 9.00. The van der Waals surface area contributed by atoms with Gasteiger partial charge in [0.15, 0.2) is 0 Å². The van der Waals surface area contributed by atoms with E-state index in [9.17, 15) is 0 Å². The van der Waals surface area contributed by atoms with Crippen molar-refractivity contribution >= 4 is 22.1 Å². The second kappa shape index (κ2) is 3.39. The first-order chi connectivity index (χ1) is 6.54. The maximum atomic E-state index is 2.32. The molecular formula is C13H16S. The Balaban J connectivity index is 2.35. The summed E-state index contributed by atoms with van der Waals surface area (Å²) in [5.74, 6) is 0. The van der Waals surface area contributed by atoms with Gasteiger partial charge >= 0.3 is 0 Å². The van der Waals surface area contributed by atoms with Crippen molar-refractivity contribution in [3.8, 4) is 0 Å². The average molecular weight is 204 g/mol. The van der Waals surface area contributed by atoms with Gasteiger partial charge in [-0.15, -0.1) is 0 Å². The normalized spacial score (nSPS) is 12.2. The van der Waals surface area contributed by atoms with E-state index in [0.717, 1.165) is 6.42 Å². The lowest BCUT2D eigenvalue weighted by atomic mass is 9.88. The van der Waals surface area contributed by atoms with Crippen LogP contribution in [0.1, 0.15) is 26.3 Å². The van der Waals surface area contributed by atoms with Crippen molar-refractivity contribution in [1.82, 2.24) is 0 Å². The molecule has 0 saturated carbocycles. The highest BCUT2D eigenvalue weighted by molar-refractivity contribution is 7.09. The Bertz CT molecular complexity index is 432. The lowest BCUT2D eigenvalue weighted by molar-refractivity contribution is 0.411. The maximum absolute atomic E-state index is 2.32. The minimum Gasteiger partial charge on any atom is -0.151 e. The van der Waals surface area contributed by atoms with Crippen molar-refractivity contribution in [2.45, 2.75) is 27.2 Å². The van der Waals surface area contributed by atoms with Crippen molar-refractivity contribution in [3.05, 3.63) is 34.5 Å². The molecular weight excluding hydrogens is 188 g/mol. The first-order valence-corrected chi connectivity index (χ1v) is 5.94. The van der Waals surface area contributed by atoms with Crippen LogP contribution in [0, 0.1) is 5.41 Å². The van der Waals surface area contributed by atoms with Crippen molar-refractivity contribution in [3.63, 3.8) is 0 Å². The summed E-state index contributed by atoms with van der Waals surface area (Å²) < 4.78 is 0. The van der Waals surface area contributed by atoms with Crippen LogP contribution in [0.4, 0.5) is 0 Å². The van der Waals surface area contributed by atoms with Crippen LogP contribution >= 0.6 is 11.3 Å². The smallest absolute Gasteiger partial charge is 0.00144 e. The van der Waals surface area contributed by atoms with E-state index in [4.69, 9.17) is 0 Å². The molecule has 14 heavy (non-hydrogen) atoms. The molecule has 1 heteroatoms. The molecule has 0 bridgehead atoms. The topological polar surface area (TPSA) is 0 Å². The van der Waals surface area contributed by atoms with Gasteiger partial charge in [0.1, 0.15) is 0 Å². The van der Waals surface area contributed by atoms with Crippen LogP contribution in [-0.4, -0.2) is 0 Å². The first-order valence-electron chi connectivity index (χ1n) is 4.99. The van der Waals surface area contributed by atoms with E-state index in [-0.39, 0.29) is 0 Å². The van der Waals surface area contributed by atoms with Crippen molar-refractivity contribution in [2.24, 2.45) is 5.41 Å². The highest BCUT2D eigenvalue weighted by atomic mass is 32.1. The third-order valence-corrected chi connectivity index (χ3v) is 3.06. The molecule has 0 unspecified atom stereocenters. The van der Waals surface area contributed by atoms with Crippen LogP contribution in [0.2, 0.25) is 0 Å². The first kappa shape index (κ1) is 9.72. The van der Waals surface area contributed by atoms with Gasteiger partial charge < -0.3 is 0 Å². The predicted molar refractivity (Wildman–Crippen MR) is 65.0 cm³/mol. The van der Waals surface area contributed by atoms with Crippen molar-refractivity contribution in [2.75, 3.05) is 0 Å². The van der Waals surface area contributed by atoms with E-state index in [0.29, 0.717) is 5.41 Å². The average Bonchev–Trinajstić information content (AvgIpc) is 2.47.